The molecule has 0 spiro atoms. The normalized spacial score (nSPS) is 13.2. The Morgan fingerprint density at radius 3 is 2.12 bits per heavy atom. The molecule has 5 aromatic rings. The molecule has 4 aromatic carbocycles. The van der Waals surface area contributed by atoms with Crippen molar-refractivity contribution in [1.82, 2.24) is 4.98 Å². The third-order valence-electron chi connectivity index (χ3n) is 7.18. The molecule has 1 unspecified atom stereocenters. The number of ether oxygens (including phenoxy) is 1. The van der Waals surface area contributed by atoms with Crippen molar-refractivity contribution in [2.24, 2.45) is 0 Å². The van der Waals surface area contributed by atoms with Crippen LogP contribution in [-0.2, 0) is 4.74 Å². The number of fused-ring (bicyclic) bond motifs is 2. The Kier molecular flexibility index (Phi) is 7.10. The smallest absolute Gasteiger partial charge is 0.339 e. The zero-order chi connectivity index (χ0) is 29.4. The van der Waals surface area contributed by atoms with E-state index in [4.69, 9.17) is 21.3 Å². The highest BCUT2D eigenvalue weighted by atomic mass is 35.5. The van der Waals surface area contributed by atoms with Gasteiger partial charge in [-0.3, -0.25) is 14.4 Å². The molecule has 6 rings (SSSR count). The Balaban J connectivity index is 1.33. The van der Waals surface area contributed by atoms with Crippen molar-refractivity contribution in [1.29, 1.82) is 0 Å². The molecule has 8 heteroatoms. The lowest BCUT2D eigenvalue weighted by atomic mass is 10.0. The van der Waals surface area contributed by atoms with Gasteiger partial charge in [-0.25, -0.2) is 14.7 Å². The van der Waals surface area contributed by atoms with E-state index in [1.165, 1.54) is 0 Å². The second-order valence-corrected chi connectivity index (χ2v) is 10.2. The Hall–Kier alpha value is -5.14. The maximum Gasteiger partial charge on any atom is 0.339 e. The van der Waals surface area contributed by atoms with Gasteiger partial charge >= 0.3 is 5.97 Å². The lowest BCUT2D eigenvalue weighted by Crippen LogP contribution is -2.29. The first kappa shape index (κ1) is 27.1. The average Bonchev–Trinajstić information content (AvgIpc) is 3.28. The molecule has 1 atom stereocenters. The van der Waals surface area contributed by atoms with Gasteiger partial charge in [0.25, 0.3) is 11.8 Å². The first-order chi connectivity index (χ1) is 20.4. The number of Topliss-reactive ketones (excluding diaryl/α,β-unsaturated/α-hetero) is 1. The fourth-order valence-corrected chi connectivity index (χ4v) is 5.20. The summed E-state index contributed by atoms with van der Waals surface area (Å²) in [6.45, 7) is 1.78. The third kappa shape index (κ3) is 4.84. The van der Waals surface area contributed by atoms with Crippen LogP contribution in [0.25, 0.3) is 22.2 Å². The number of imide groups is 1. The minimum Gasteiger partial charge on any atom is -0.450 e. The molecule has 0 fully saturated rings. The number of amides is 2. The minimum atomic E-state index is -0.968. The van der Waals surface area contributed by atoms with Crippen LogP contribution < -0.4 is 4.90 Å². The zero-order valence-electron chi connectivity index (χ0n) is 22.4. The number of nitrogens with zero attached hydrogens (tertiary/aromatic N) is 2. The van der Waals surface area contributed by atoms with Crippen molar-refractivity contribution in [3.8, 4) is 11.3 Å². The molecule has 42 heavy (non-hydrogen) atoms. The van der Waals surface area contributed by atoms with E-state index in [-0.39, 0.29) is 23.2 Å². The SMILES string of the molecule is CCC(OC(=O)c1cc(-c2ccc(N3C(=O)c4ccccc4C3=O)cc2)nc2ccc(Cl)cc12)C(=O)c1ccccc1. The predicted octanol–water partition coefficient (Wildman–Crippen LogP) is 7.17. The van der Waals surface area contributed by atoms with E-state index in [1.807, 2.05) is 6.07 Å². The number of ketones is 1. The number of rotatable bonds is 7. The van der Waals surface area contributed by atoms with Crippen molar-refractivity contribution < 1.29 is 23.9 Å². The second-order valence-electron chi connectivity index (χ2n) is 9.79. The molecule has 2 heterocycles. The molecular formula is C34H23ClN2O5. The Labute approximate surface area is 246 Å². The van der Waals surface area contributed by atoms with Gasteiger partial charge in [0, 0.05) is 21.5 Å². The lowest BCUT2D eigenvalue weighted by molar-refractivity contribution is 0.0279. The summed E-state index contributed by atoms with van der Waals surface area (Å²) in [6, 6.07) is 28.8. The molecule has 0 radical (unpaired) electrons. The van der Waals surface area contributed by atoms with Gasteiger partial charge in [0.1, 0.15) is 0 Å². The maximum absolute atomic E-state index is 13.5. The Morgan fingerprint density at radius 1 is 0.833 bits per heavy atom. The minimum absolute atomic E-state index is 0.209. The van der Waals surface area contributed by atoms with Crippen molar-refractivity contribution in [2.75, 3.05) is 4.90 Å². The Bertz CT molecular complexity index is 1850. The van der Waals surface area contributed by atoms with Gasteiger partial charge in [-0.05, 0) is 55.0 Å². The summed E-state index contributed by atoms with van der Waals surface area (Å²) in [5.74, 6) is -1.73. The van der Waals surface area contributed by atoms with Crippen LogP contribution in [-0.4, -0.2) is 34.7 Å². The summed E-state index contributed by atoms with van der Waals surface area (Å²) in [6.07, 6.45) is -0.667. The van der Waals surface area contributed by atoms with Crippen LogP contribution in [0.15, 0.2) is 103 Å². The number of anilines is 1. The van der Waals surface area contributed by atoms with Gasteiger partial charge in [-0.1, -0.05) is 73.1 Å². The number of benzene rings is 4. The van der Waals surface area contributed by atoms with E-state index in [0.29, 0.717) is 56.0 Å². The quantitative estimate of drug-likeness (QED) is 0.116. The molecule has 0 aliphatic carbocycles. The topological polar surface area (TPSA) is 93.6 Å². The number of halogens is 1. The molecular weight excluding hydrogens is 552 g/mol. The van der Waals surface area contributed by atoms with Crippen molar-refractivity contribution in [2.45, 2.75) is 19.4 Å². The molecule has 1 aromatic heterocycles. The van der Waals surface area contributed by atoms with E-state index in [9.17, 15) is 19.2 Å². The summed E-state index contributed by atoms with van der Waals surface area (Å²) in [5, 5.41) is 0.907. The summed E-state index contributed by atoms with van der Waals surface area (Å²) in [5.41, 5.74) is 3.43. The van der Waals surface area contributed by atoms with Crippen LogP contribution in [0.1, 0.15) is 54.8 Å². The first-order valence-corrected chi connectivity index (χ1v) is 13.7. The van der Waals surface area contributed by atoms with E-state index >= 15 is 0 Å². The number of hydrogen-bond acceptors (Lipinski definition) is 6. The van der Waals surface area contributed by atoms with Crippen LogP contribution in [0.5, 0.6) is 0 Å². The van der Waals surface area contributed by atoms with E-state index in [0.717, 1.165) is 4.90 Å². The van der Waals surface area contributed by atoms with Crippen LogP contribution in [0.4, 0.5) is 5.69 Å². The van der Waals surface area contributed by atoms with Gasteiger partial charge in [0.2, 0.25) is 5.78 Å². The van der Waals surface area contributed by atoms with Crippen molar-refractivity contribution >= 4 is 51.8 Å². The van der Waals surface area contributed by atoms with Crippen LogP contribution in [0.2, 0.25) is 5.02 Å². The summed E-state index contributed by atoms with van der Waals surface area (Å²) in [4.78, 5) is 58.3. The van der Waals surface area contributed by atoms with E-state index in [2.05, 4.69) is 0 Å². The Morgan fingerprint density at radius 2 is 1.48 bits per heavy atom. The van der Waals surface area contributed by atoms with E-state index in [1.54, 1.807) is 104 Å². The molecule has 0 saturated heterocycles. The molecule has 206 valence electrons. The number of pyridine rings is 1. The zero-order valence-corrected chi connectivity index (χ0v) is 23.2. The van der Waals surface area contributed by atoms with Gasteiger partial charge in [0.05, 0.1) is 33.6 Å². The monoisotopic (exact) mass is 574 g/mol. The van der Waals surface area contributed by atoms with Gasteiger partial charge in [-0.2, -0.15) is 0 Å². The predicted molar refractivity (Wildman–Crippen MR) is 160 cm³/mol. The first-order valence-electron chi connectivity index (χ1n) is 13.3. The molecule has 0 N–H and O–H groups in total. The van der Waals surface area contributed by atoms with Crippen LogP contribution >= 0.6 is 11.6 Å². The fourth-order valence-electron chi connectivity index (χ4n) is 5.02. The molecule has 0 bridgehead atoms. The highest BCUT2D eigenvalue weighted by Gasteiger charge is 2.36. The number of carbonyl (C=O) groups excluding carboxylic acids is 4. The molecule has 2 amide bonds. The number of hydrogen-bond donors (Lipinski definition) is 0. The van der Waals surface area contributed by atoms with Crippen LogP contribution in [0.3, 0.4) is 0 Å². The third-order valence-corrected chi connectivity index (χ3v) is 7.41. The molecule has 1 aliphatic heterocycles. The second kappa shape index (κ2) is 11.0. The average molecular weight is 575 g/mol. The highest BCUT2D eigenvalue weighted by molar-refractivity contribution is 6.34. The molecule has 1 aliphatic rings. The summed E-state index contributed by atoms with van der Waals surface area (Å²) >= 11 is 6.26. The summed E-state index contributed by atoms with van der Waals surface area (Å²) in [7, 11) is 0. The standard InChI is InChI=1S/C34H23ClN2O5/c1-2-30(31(38)21-8-4-3-5-9-21)42-34(41)27-19-29(36-28-17-14-22(35)18-26(27)28)20-12-15-23(16-13-20)37-32(39)24-10-6-7-11-25(24)33(37)40/h3-19,30H,2H2,1H3. The van der Waals surface area contributed by atoms with Gasteiger partial charge < -0.3 is 4.74 Å². The molecule has 7 nitrogen and oxygen atoms in total. The number of esters is 1. The number of carbonyl (C=O) groups is 4. The largest absolute Gasteiger partial charge is 0.450 e. The lowest BCUT2D eigenvalue weighted by Gasteiger charge is -2.17. The summed E-state index contributed by atoms with van der Waals surface area (Å²) < 4.78 is 5.74. The van der Waals surface area contributed by atoms with Crippen LogP contribution in [0, 0.1) is 0 Å². The van der Waals surface area contributed by atoms with Gasteiger partial charge in [0.15, 0.2) is 6.10 Å². The van der Waals surface area contributed by atoms with Crippen molar-refractivity contribution in [3.05, 3.63) is 130 Å². The van der Waals surface area contributed by atoms with E-state index < -0.39 is 12.1 Å². The molecule has 0 saturated carbocycles. The van der Waals surface area contributed by atoms with Gasteiger partial charge in [-0.15, -0.1) is 0 Å². The fraction of sp³-hybridized carbons (Fsp3) is 0.0882. The maximum atomic E-state index is 13.5. The van der Waals surface area contributed by atoms with Crippen molar-refractivity contribution in [3.63, 3.8) is 0 Å². The highest BCUT2D eigenvalue weighted by Crippen LogP contribution is 2.32. The number of aromatic nitrogens is 1.